The van der Waals surface area contributed by atoms with Gasteiger partial charge in [0.25, 0.3) is 0 Å². The molecule has 176 valence electrons. The van der Waals surface area contributed by atoms with Crippen molar-refractivity contribution >= 4 is 15.9 Å². The molecular weight excluding hydrogens is 518 g/mol. The smallest absolute Gasteiger partial charge is 0.164 e. The Kier molecular flexibility index (Phi) is 6.40. The Morgan fingerprint density at radius 1 is 0.351 bits per heavy atom. The highest BCUT2D eigenvalue weighted by Gasteiger charge is 2.15. The maximum absolute atomic E-state index is 4.96. The van der Waals surface area contributed by atoms with Gasteiger partial charge in [-0.2, -0.15) is 0 Å². The molecule has 6 aromatic rings. The Bertz CT molecular complexity index is 1660. The number of rotatable bonds is 5. The van der Waals surface area contributed by atoms with E-state index in [1.54, 1.807) is 0 Å². The Morgan fingerprint density at radius 3 is 1.51 bits per heavy atom. The number of halogens is 1. The van der Waals surface area contributed by atoms with E-state index in [1.165, 1.54) is 11.1 Å². The minimum absolute atomic E-state index is 0.643. The summed E-state index contributed by atoms with van der Waals surface area (Å²) in [6.45, 7) is 0. The molecule has 4 heteroatoms. The van der Waals surface area contributed by atoms with E-state index in [4.69, 9.17) is 15.0 Å². The molecule has 0 saturated carbocycles. The third-order valence-electron chi connectivity index (χ3n) is 6.22. The summed E-state index contributed by atoms with van der Waals surface area (Å²) in [6.07, 6.45) is 0. The molecule has 0 bridgehead atoms. The monoisotopic (exact) mass is 539 g/mol. The Morgan fingerprint density at radius 2 is 0.838 bits per heavy atom. The molecule has 1 aromatic heterocycles. The molecule has 6 rings (SSSR count). The van der Waals surface area contributed by atoms with Crippen molar-refractivity contribution in [3.63, 3.8) is 0 Å². The zero-order valence-electron chi connectivity index (χ0n) is 19.9. The normalized spacial score (nSPS) is 10.8. The quantitative estimate of drug-likeness (QED) is 0.219. The van der Waals surface area contributed by atoms with E-state index in [1.807, 2.05) is 66.7 Å². The van der Waals surface area contributed by atoms with E-state index in [0.29, 0.717) is 17.5 Å². The van der Waals surface area contributed by atoms with Crippen molar-refractivity contribution in [2.75, 3.05) is 0 Å². The topological polar surface area (TPSA) is 38.7 Å². The summed E-state index contributed by atoms with van der Waals surface area (Å²) in [4.78, 5) is 14.8. The molecule has 0 amide bonds. The van der Waals surface area contributed by atoms with Gasteiger partial charge in [-0.15, -0.1) is 0 Å². The van der Waals surface area contributed by atoms with Gasteiger partial charge in [-0.1, -0.05) is 131 Å². The summed E-state index contributed by atoms with van der Waals surface area (Å²) < 4.78 is 1.01. The summed E-state index contributed by atoms with van der Waals surface area (Å²) in [5.74, 6) is 1.94. The molecule has 5 aromatic carbocycles. The van der Waals surface area contributed by atoms with Crippen molar-refractivity contribution < 1.29 is 0 Å². The molecule has 0 spiro atoms. The van der Waals surface area contributed by atoms with Crippen LogP contribution in [0.4, 0.5) is 0 Å². The number of nitrogens with zero attached hydrogens (tertiary/aromatic N) is 3. The molecule has 0 fully saturated rings. The zero-order chi connectivity index (χ0) is 25.0. The first-order chi connectivity index (χ1) is 18.2. The van der Waals surface area contributed by atoms with Crippen LogP contribution < -0.4 is 0 Å². The first-order valence-corrected chi connectivity index (χ1v) is 12.9. The van der Waals surface area contributed by atoms with Crippen LogP contribution in [-0.4, -0.2) is 15.0 Å². The van der Waals surface area contributed by atoms with Gasteiger partial charge in [0.1, 0.15) is 0 Å². The van der Waals surface area contributed by atoms with Gasteiger partial charge in [0, 0.05) is 21.2 Å². The molecule has 3 nitrogen and oxygen atoms in total. The van der Waals surface area contributed by atoms with Crippen LogP contribution in [0, 0.1) is 0 Å². The van der Waals surface area contributed by atoms with Gasteiger partial charge in [-0.05, 0) is 40.5 Å². The van der Waals surface area contributed by atoms with Crippen LogP contribution in [0.25, 0.3) is 56.4 Å². The summed E-state index contributed by atoms with van der Waals surface area (Å²) in [5, 5.41) is 0. The first kappa shape index (κ1) is 23.0. The van der Waals surface area contributed by atoms with E-state index in [9.17, 15) is 0 Å². The van der Waals surface area contributed by atoms with Crippen LogP contribution in [0.2, 0.25) is 0 Å². The average molecular weight is 540 g/mol. The van der Waals surface area contributed by atoms with Crippen LogP contribution in [-0.2, 0) is 0 Å². The molecule has 0 aliphatic heterocycles. The third kappa shape index (κ3) is 4.97. The lowest BCUT2D eigenvalue weighted by atomic mass is 9.95. The Labute approximate surface area is 224 Å². The van der Waals surface area contributed by atoms with Crippen LogP contribution in [0.15, 0.2) is 138 Å². The van der Waals surface area contributed by atoms with Crippen LogP contribution in [0.3, 0.4) is 0 Å². The average Bonchev–Trinajstić information content (AvgIpc) is 2.98. The fraction of sp³-hybridized carbons (Fsp3) is 0. The lowest BCUT2D eigenvalue weighted by Crippen LogP contribution is -2.01. The van der Waals surface area contributed by atoms with Gasteiger partial charge < -0.3 is 0 Å². The predicted octanol–water partition coefficient (Wildman–Crippen LogP) is 8.97. The maximum Gasteiger partial charge on any atom is 0.164 e. The molecule has 37 heavy (non-hydrogen) atoms. The minimum atomic E-state index is 0.643. The highest BCUT2D eigenvalue weighted by Crippen LogP contribution is 2.34. The van der Waals surface area contributed by atoms with E-state index >= 15 is 0 Å². The van der Waals surface area contributed by atoms with Crippen molar-refractivity contribution in [3.05, 3.63) is 138 Å². The Balaban J connectivity index is 1.52. The largest absolute Gasteiger partial charge is 0.208 e. The molecule has 0 aliphatic rings. The van der Waals surface area contributed by atoms with E-state index in [0.717, 1.165) is 32.3 Å². The lowest BCUT2D eigenvalue weighted by molar-refractivity contribution is 1.07. The second-order valence-corrected chi connectivity index (χ2v) is 9.59. The van der Waals surface area contributed by atoms with Crippen molar-refractivity contribution in [2.45, 2.75) is 0 Å². The van der Waals surface area contributed by atoms with Gasteiger partial charge in [0.2, 0.25) is 0 Å². The van der Waals surface area contributed by atoms with E-state index in [2.05, 4.69) is 82.7 Å². The number of hydrogen-bond donors (Lipinski definition) is 0. The first-order valence-electron chi connectivity index (χ1n) is 12.1. The fourth-order valence-electron chi connectivity index (χ4n) is 4.37. The molecule has 0 N–H and O–H groups in total. The highest BCUT2D eigenvalue weighted by atomic mass is 79.9. The van der Waals surface area contributed by atoms with E-state index < -0.39 is 0 Å². The standard InChI is InChI=1S/C33H22BrN3/c34-28-20-18-25(19-21-28)32-35-31(24-12-5-2-6-13-24)36-33(37-32)30-17-8-7-16-29(30)27-15-9-14-26(22-27)23-10-3-1-4-11-23/h1-22H. The molecule has 0 radical (unpaired) electrons. The van der Waals surface area contributed by atoms with Gasteiger partial charge in [0.05, 0.1) is 0 Å². The summed E-state index contributed by atoms with van der Waals surface area (Å²) >= 11 is 3.53. The lowest BCUT2D eigenvalue weighted by Gasteiger charge is -2.13. The molecular formula is C33H22BrN3. The second-order valence-electron chi connectivity index (χ2n) is 8.67. The van der Waals surface area contributed by atoms with Crippen LogP contribution in [0.1, 0.15) is 0 Å². The van der Waals surface area contributed by atoms with Crippen molar-refractivity contribution in [3.8, 4) is 56.4 Å². The second kappa shape index (κ2) is 10.3. The fourth-order valence-corrected chi connectivity index (χ4v) is 4.63. The van der Waals surface area contributed by atoms with Crippen LogP contribution >= 0.6 is 15.9 Å². The number of aromatic nitrogens is 3. The Hall–Kier alpha value is -4.41. The molecule has 0 unspecified atom stereocenters. The van der Waals surface area contributed by atoms with Crippen LogP contribution in [0.5, 0.6) is 0 Å². The summed E-state index contributed by atoms with van der Waals surface area (Å²) in [6, 6.07) is 45.5. The summed E-state index contributed by atoms with van der Waals surface area (Å²) in [5.41, 5.74) is 7.40. The third-order valence-corrected chi connectivity index (χ3v) is 6.75. The van der Waals surface area contributed by atoms with Crippen molar-refractivity contribution in [1.29, 1.82) is 0 Å². The van der Waals surface area contributed by atoms with Crippen molar-refractivity contribution in [1.82, 2.24) is 15.0 Å². The van der Waals surface area contributed by atoms with Gasteiger partial charge in [-0.25, -0.2) is 15.0 Å². The summed E-state index contributed by atoms with van der Waals surface area (Å²) in [7, 11) is 0. The van der Waals surface area contributed by atoms with Crippen molar-refractivity contribution in [2.24, 2.45) is 0 Å². The number of hydrogen-bond acceptors (Lipinski definition) is 3. The molecule has 1 heterocycles. The molecule has 0 aliphatic carbocycles. The van der Waals surface area contributed by atoms with Gasteiger partial charge >= 0.3 is 0 Å². The van der Waals surface area contributed by atoms with Gasteiger partial charge in [-0.3, -0.25) is 0 Å². The molecule has 0 atom stereocenters. The van der Waals surface area contributed by atoms with Gasteiger partial charge in [0.15, 0.2) is 17.5 Å². The number of benzene rings is 5. The molecule has 0 saturated heterocycles. The highest BCUT2D eigenvalue weighted by molar-refractivity contribution is 9.10. The minimum Gasteiger partial charge on any atom is -0.208 e. The zero-order valence-corrected chi connectivity index (χ0v) is 21.5. The predicted molar refractivity (Wildman–Crippen MR) is 155 cm³/mol. The SMILES string of the molecule is Brc1ccc(-c2nc(-c3ccccc3)nc(-c3ccccc3-c3cccc(-c4ccccc4)c3)n2)cc1. The van der Waals surface area contributed by atoms with E-state index in [-0.39, 0.29) is 0 Å². The maximum atomic E-state index is 4.96.